The highest BCUT2D eigenvalue weighted by molar-refractivity contribution is 5.65. The van der Waals surface area contributed by atoms with Crippen molar-refractivity contribution in [3.05, 3.63) is 52.9 Å². The minimum absolute atomic E-state index is 0.0753. The van der Waals surface area contributed by atoms with Crippen LogP contribution in [0.1, 0.15) is 0 Å². The minimum Gasteiger partial charge on any atom is -0.378 e. The molecule has 3 nitrogen and oxygen atoms in total. The van der Waals surface area contributed by atoms with Gasteiger partial charge in [0.1, 0.15) is 0 Å². The summed E-state index contributed by atoms with van der Waals surface area (Å²) in [5.41, 5.74) is 3.20. The van der Waals surface area contributed by atoms with Crippen LogP contribution in [0.25, 0.3) is 11.1 Å². The van der Waals surface area contributed by atoms with Gasteiger partial charge < -0.3 is 9.88 Å². The van der Waals surface area contributed by atoms with E-state index in [2.05, 4.69) is 22.0 Å². The maximum absolute atomic E-state index is 10.9. The molecule has 0 saturated heterocycles. The van der Waals surface area contributed by atoms with Gasteiger partial charge in [-0.2, -0.15) is 0 Å². The number of anilines is 1. The molecule has 0 amide bonds. The monoisotopic (exact) mass is 214 g/mol. The second kappa shape index (κ2) is 4.23. The molecule has 0 bridgehead atoms. The first-order chi connectivity index (χ1) is 7.66. The Balaban J connectivity index is 2.34. The van der Waals surface area contributed by atoms with E-state index in [0.29, 0.717) is 0 Å². The Hall–Kier alpha value is -2.03. The maximum atomic E-state index is 10.9. The zero-order chi connectivity index (χ0) is 11.5. The third kappa shape index (κ3) is 2.14. The Kier molecular flexibility index (Phi) is 2.77. The lowest BCUT2D eigenvalue weighted by Crippen LogP contribution is -2.08. The molecule has 2 aromatic rings. The number of pyridine rings is 1. The van der Waals surface area contributed by atoms with E-state index in [-0.39, 0.29) is 5.56 Å². The molecule has 1 aromatic carbocycles. The highest BCUT2D eigenvalue weighted by Gasteiger charge is 1.98. The summed E-state index contributed by atoms with van der Waals surface area (Å²) in [6.45, 7) is 0. The number of H-pyrrole nitrogens is 1. The van der Waals surface area contributed by atoms with Gasteiger partial charge in [0, 0.05) is 32.0 Å². The highest BCUT2D eigenvalue weighted by Crippen LogP contribution is 2.20. The highest BCUT2D eigenvalue weighted by atomic mass is 16.1. The topological polar surface area (TPSA) is 36.1 Å². The molecule has 16 heavy (non-hydrogen) atoms. The largest absolute Gasteiger partial charge is 0.378 e. The number of nitrogens with zero attached hydrogens (tertiary/aromatic N) is 1. The van der Waals surface area contributed by atoms with Gasteiger partial charge >= 0.3 is 0 Å². The molecule has 1 heterocycles. The van der Waals surface area contributed by atoms with Crippen LogP contribution in [-0.4, -0.2) is 19.1 Å². The fourth-order valence-corrected chi connectivity index (χ4v) is 1.54. The Morgan fingerprint density at radius 2 is 1.56 bits per heavy atom. The molecule has 2 rings (SSSR count). The van der Waals surface area contributed by atoms with Gasteiger partial charge in [-0.15, -0.1) is 0 Å². The summed E-state index contributed by atoms with van der Waals surface area (Å²) in [7, 11) is 4.02. The summed E-state index contributed by atoms with van der Waals surface area (Å²) in [6, 6.07) is 11.6. The quantitative estimate of drug-likeness (QED) is 0.831. The Morgan fingerprint density at radius 3 is 2.06 bits per heavy atom. The predicted octanol–water partition coefficient (Wildman–Crippen LogP) is 2.11. The van der Waals surface area contributed by atoms with E-state index in [1.165, 1.54) is 6.07 Å². The number of aromatic amines is 1. The van der Waals surface area contributed by atoms with Gasteiger partial charge in [0.15, 0.2) is 0 Å². The van der Waals surface area contributed by atoms with Crippen molar-refractivity contribution in [3.8, 4) is 11.1 Å². The molecule has 1 aromatic heterocycles. The van der Waals surface area contributed by atoms with Crippen molar-refractivity contribution >= 4 is 5.69 Å². The number of hydrogen-bond acceptors (Lipinski definition) is 2. The van der Waals surface area contributed by atoms with Crippen molar-refractivity contribution in [2.24, 2.45) is 0 Å². The maximum Gasteiger partial charge on any atom is 0.247 e. The van der Waals surface area contributed by atoms with Crippen LogP contribution in [0.4, 0.5) is 5.69 Å². The molecule has 0 aliphatic carbocycles. The normalized spacial score (nSPS) is 10.1. The first-order valence-corrected chi connectivity index (χ1v) is 5.13. The number of rotatable bonds is 2. The van der Waals surface area contributed by atoms with E-state index in [4.69, 9.17) is 0 Å². The van der Waals surface area contributed by atoms with Crippen LogP contribution in [0.5, 0.6) is 0 Å². The summed E-state index contributed by atoms with van der Waals surface area (Å²) in [5.74, 6) is 0. The van der Waals surface area contributed by atoms with Crippen molar-refractivity contribution in [3.63, 3.8) is 0 Å². The van der Waals surface area contributed by atoms with Gasteiger partial charge in [0.25, 0.3) is 0 Å². The smallest absolute Gasteiger partial charge is 0.247 e. The molecule has 0 unspecified atom stereocenters. The zero-order valence-electron chi connectivity index (χ0n) is 9.40. The van der Waals surface area contributed by atoms with Crippen LogP contribution in [0, 0.1) is 0 Å². The Bertz CT molecular complexity index is 506. The van der Waals surface area contributed by atoms with Crippen molar-refractivity contribution in [1.29, 1.82) is 0 Å². The molecule has 1 N–H and O–H groups in total. The van der Waals surface area contributed by atoms with Crippen LogP contribution < -0.4 is 10.5 Å². The summed E-state index contributed by atoms with van der Waals surface area (Å²) in [6.07, 6.45) is 1.73. The third-order valence-corrected chi connectivity index (χ3v) is 2.50. The third-order valence-electron chi connectivity index (χ3n) is 2.50. The molecule has 0 radical (unpaired) electrons. The molecule has 0 aliphatic heterocycles. The first-order valence-electron chi connectivity index (χ1n) is 5.13. The van der Waals surface area contributed by atoms with Gasteiger partial charge in [-0.25, -0.2) is 0 Å². The summed E-state index contributed by atoms with van der Waals surface area (Å²) in [5, 5.41) is 0. The second-order valence-electron chi connectivity index (χ2n) is 3.88. The first kappa shape index (κ1) is 10.5. The molecule has 0 aliphatic rings. The Labute approximate surface area is 94.4 Å². The second-order valence-corrected chi connectivity index (χ2v) is 3.88. The summed E-state index contributed by atoms with van der Waals surface area (Å²) >= 11 is 0. The molecular formula is C13H14N2O. The van der Waals surface area contributed by atoms with E-state index in [9.17, 15) is 4.79 Å². The summed E-state index contributed by atoms with van der Waals surface area (Å²) < 4.78 is 0. The lowest BCUT2D eigenvalue weighted by molar-refractivity contribution is 1.13. The Morgan fingerprint density at radius 1 is 0.938 bits per heavy atom. The van der Waals surface area contributed by atoms with Crippen molar-refractivity contribution in [2.75, 3.05) is 19.0 Å². The van der Waals surface area contributed by atoms with Crippen molar-refractivity contribution < 1.29 is 0 Å². The van der Waals surface area contributed by atoms with Crippen LogP contribution >= 0.6 is 0 Å². The predicted molar refractivity (Wildman–Crippen MR) is 66.8 cm³/mol. The zero-order valence-corrected chi connectivity index (χ0v) is 9.40. The van der Waals surface area contributed by atoms with Gasteiger partial charge in [-0.1, -0.05) is 12.1 Å². The van der Waals surface area contributed by atoms with Crippen LogP contribution in [0.2, 0.25) is 0 Å². The SMILES string of the molecule is CN(C)c1ccc(-c2ccc(=O)[nH]c2)cc1. The molecule has 0 fully saturated rings. The van der Waals surface area contributed by atoms with E-state index < -0.39 is 0 Å². The molecule has 82 valence electrons. The van der Waals surface area contributed by atoms with Gasteiger partial charge in [0.05, 0.1) is 0 Å². The lowest BCUT2D eigenvalue weighted by atomic mass is 10.1. The van der Waals surface area contributed by atoms with E-state index >= 15 is 0 Å². The number of aromatic nitrogens is 1. The summed E-state index contributed by atoms with van der Waals surface area (Å²) in [4.78, 5) is 15.7. The minimum atomic E-state index is -0.0753. The average Bonchev–Trinajstić information content (AvgIpc) is 2.30. The van der Waals surface area contributed by atoms with Crippen LogP contribution in [0.15, 0.2) is 47.4 Å². The number of benzene rings is 1. The molecule has 3 heteroatoms. The van der Waals surface area contributed by atoms with E-state index in [1.54, 1.807) is 6.20 Å². The number of hydrogen-bond donors (Lipinski definition) is 1. The fraction of sp³-hybridized carbons (Fsp3) is 0.154. The van der Waals surface area contributed by atoms with Crippen molar-refractivity contribution in [2.45, 2.75) is 0 Å². The van der Waals surface area contributed by atoms with Crippen LogP contribution in [-0.2, 0) is 0 Å². The van der Waals surface area contributed by atoms with Gasteiger partial charge in [-0.05, 0) is 29.3 Å². The standard InChI is InChI=1S/C13H14N2O/c1-15(2)12-6-3-10(4-7-12)11-5-8-13(16)14-9-11/h3-9H,1-2H3,(H,14,16). The lowest BCUT2D eigenvalue weighted by Gasteiger charge is -2.12. The van der Waals surface area contributed by atoms with E-state index in [1.807, 2.05) is 32.3 Å². The number of nitrogens with one attached hydrogen (secondary N) is 1. The van der Waals surface area contributed by atoms with Crippen LogP contribution in [0.3, 0.4) is 0 Å². The van der Waals surface area contributed by atoms with Gasteiger partial charge in [0.2, 0.25) is 5.56 Å². The fourth-order valence-electron chi connectivity index (χ4n) is 1.54. The van der Waals surface area contributed by atoms with E-state index in [0.717, 1.165) is 16.8 Å². The molecule has 0 atom stereocenters. The molecular weight excluding hydrogens is 200 g/mol. The molecule has 0 spiro atoms. The molecule has 0 saturated carbocycles. The van der Waals surface area contributed by atoms with Gasteiger partial charge in [-0.3, -0.25) is 4.79 Å². The average molecular weight is 214 g/mol. The van der Waals surface area contributed by atoms with Crippen molar-refractivity contribution in [1.82, 2.24) is 4.98 Å².